The van der Waals surface area contributed by atoms with Crippen LogP contribution in [0.25, 0.3) is 11.5 Å². The first kappa shape index (κ1) is 16.3. The molecule has 1 aliphatic carbocycles. The van der Waals surface area contributed by atoms with Gasteiger partial charge in [0.05, 0.1) is 6.10 Å². The van der Waals surface area contributed by atoms with Gasteiger partial charge in [0.1, 0.15) is 5.69 Å². The van der Waals surface area contributed by atoms with Gasteiger partial charge in [0, 0.05) is 25.1 Å². The van der Waals surface area contributed by atoms with E-state index in [2.05, 4.69) is 50.9 Å². The van der Waals surface area contributed by atoms with Crippen molar-refractivity contribution in [2.75, 3.05) is 7.11 Å². The number of aromatic nitrogens is 4. The van der Waals surface area contributed by atoms with E-state index in [1.165, 1.54) is 11.1 Å². The number of fused-ring (bicyclic) bond motifs is 1. The molecule has 5 nitrogen and oxygen atoms in total. The predicted octanol–water partition coefficient (Wildman–Crippen LogP) is 3.76. The molecule has 0 radical (unpaired) electrons. The highest BCUT2D eigenvalue weighted by atomic mass is 32.2. The van der Waals surface area contributed by atoms with Crippen LogP contribution in [-0.2, 0) is 17.7 Å². The second kappa shape index (κ2) is 6.98. The molecule has 1 aliphatic rings. The number of rotatable bonds is 5. The number of methoxy groups -OCH3 is 1. The Bertz CT molecular complexity index is 865. The molecule has 2 heterocycles. The van der Waals surface area contributed by atoms with Crippen LogP contribution in [0.3, 0.4) is 0 Å². The maximum absolute atomic E-state index is 5.80. The van der Waals surface area contributed by atoms with Gasteiger partial charge < -0.3 is 9.30 Å². The second-order valence-electron chi connectivity index (χ2n) is 5.98. The van der Waals surface area contributed by atoms with Gasteiger partial charge in [0.25, 0.3) is 0 Å². The summed E-state index contributed by atoms with van der Waals surface area (Å²) in [5.74, 6) is 0.815. The monoisotopic (exact) mass is 352 g/mol. The van der Waals surface area contributed by atoms with E-state index in [4.69, 9.17) is 4.74 Å². The van der Waals surface area contributed by atoms with Crippen LogP contribution < -0.4 is 0 Å². The molecule has 0 fully saturated rings. The minimum atomic E-state index is 0.0847. The average molecular weight is 352 g/mol. The van der Waals surface area contributed by atoms with Gasteiger partial charge in [-0.3, -0.25) is 4.98 Å². The Morgan fingerprint density at radius 3 is 2.76 bits per heavy atom. The fourth-order valence-corrected chi connectivity index (χ4v) is 4.73. The molecule has 2 atom stereocenters. The Morgan fingerprint density at radius 1 is 1.16 bits per heavy atom. The maximum atomic E-state index is 5.80. The summed E-state index contributed by atoms with van der Waals surface area (Å²) in [4.78, 5) is 4.41. The standard InChI is InChI=1S/C19H20N4OS/c1-3-23-18(15-10-6-7-11-20-15)21-22-19(23)25-16-12-13-8-4-5-9-14(13)17(16)24-2/h4-11,16-17H,3,12H2,1-2H3/t16-,17+/m1/s1. The van der Waals surface area contributed by atoms with Crippen molar-refractivity contribution in [3.63, 3.8) is 0 Å². The molecule has 0 bridgehead atoms. The Balaban J connectivity index is 1.63. The molecule has 6 heteroatoms. The predicted molar refractivity (Wildman–Crippen MR) is 98.5 cm³/mol. The average Bonchev–Trinajstić information content (AvgIpc) is 3.23. The van der Waals surface area contributed by atoms with Crippen molar-refractivity contribution in [1.29, 1.82) is 0 Å². The van der Waals surface area contributed by atoms with E-state index in [1.54, 1.807) is 25.1 Å². The van der Waals surface area contributed by atoms with E-state index in [0.717, 1.165) is 29.6 Å². The summed E-state index contributed by atoms with van der Waals surface area (Å²) in [6.07, 6.45) is 2.85. The first-order valence-electron chi connectivity index (χ1n) is 8.43. The molecule has 0 spiro atoms. The highest BCUT2D eigenvalue weighted by Gasteiger charge is 2.34. The lowest BCUT2D eigenvalue weighted by Crippen LogP contribution is -2.13. The maximum Gasteiger partial charge on any atom is 0.191 e. The van der Waals surface area contributed by atoms with Crippen LogP contribution in [0.5, 0.6) is 0 Å². The van der Waals surface area contributed by atoms with Crippen molar-refractivity contribution in [3.05, 3.63) is 59.8 Å². The molecule has 128 valence electrons. The molecule has 25 heavy (non-hydrogen) atoms. The number of ether oxygens (including phenoxy) is 1. The minimum Gasteiger partial charge on any atom is -0.376 e. The first-order valence-corrected chi connectivity index (χ1v) is 9.31. The SMILES string of the molecule is CCn1c(S[C@@H]2Cc3ccccc3[C@@H]2OC)nnc1-c1ccccn1. The van der Waals surface area contributed by atoms with Gasteiger partial charge >= 0.3 is 0 Å². The third-order valence-corrected chi connectivity index (χ3v) is 5.79. The van der Waals surface area contributed by atoms with E-state index < -0.39 is 0 Å². The summed E-state index contributed by atoms with van der Waals surface area (Å²) in [7, 11) is 1.78. The Kier molecular flexibility index (Phi) is 4.55. The lowest BCUT2D eigenvalue weighted by atomic mass is 10.1. The van der Waals surface area contributed by atoms with Gasteiger partial charge in [0.2, 0.25) is 0 Å². The van der Waals surface area contributed by atoms with Crippen LogP contribution in [0.1, 0.15) is 24.2 Å². The van der Waals surface area contributed by atoms with Crippen LogP contribution >= 0.6 is 11.8 Å². The summed E-state index contributed by atoms with van der Waals surface area (Å²) < 4.78 is 7.92. The van der Waals surface area contributed by atoms with Crippen molar-refractivity contribution < 1.29 is 4.74 Å². The molecule has 0 unspecified atom stereocenters. The molecule has 0 N–H and O–H groups in total. The molecular formula is C19H20N4OS. The van der Waals surface area contributed by atoms with E-state index in [9.17, 15) is 0 Å². The topological polar surface area (TPSA) is 52.8 Å². The van der Waals surface area contributed by atoms with Crippen molar-refractivity contribution in [3.8, 4) is 11.5 Å². The summed E-state index contributed by atoms with van der Waals surface area (Å²) in [6, 6.07) is 14.4. The van der Waals surface area contributed by atoms with Crippen molar-refractivity contribution >= 4 is 11.8 Å². The first-order chi connectivity index (χ1) is 12.3. The van der Waals surface area contributed by atoms with Gasteiger partial charge in [-0.05, 0) is 36.6 Å². The van der Waals surface area contributed by atoms with Crippen LogP contribution in [0.2, 0.25) is 0 Å². The van der Waals surface area contributed by atoms with Gasteiger partial charge in [-0.1, -0.05) is 42.1 Å². The van der Waals surface area contributed by atoms with Crippen molar-refractivity contribution in [2.45, 2.75) is 36.4 Å². The van der Waals surface area contributed by atoms with Gasteiger partial charge in [0.15, 0.2) is 11.0 Å². The van der Waals surface area contributed by atoms with Gasteiger partial charge in [-0.2, -0.15) is 0 Å². The largest absolute Gasteiger partial charge is 0.376 e. The molecule has 1 aromatic carbocycles. The molecule has 3 aromatic rings. The van der Waals surface area contributed by atoms with Crippen LogP contribution in [0.4, 0.5) is 0 Å². The molecule has 2 aromatic heterocycles. The van der Waals surface area contributed by atoms with E-state index in [-0.39, 0.29) is 6.10 Å². The molecule has 0 aliphatic heterocycles. The van der Waals surface area contributed by atoms with Crippen LogP contribution in [-0.4, -0.2) is 32.1 Å². The Hall–Kier alpha value is -2.18. The summed E-state index contributed by atoms with van der Waals surface area (Å²) >= 11 is 1.74. The fourth-order valence-electron chi connectivity index (χ4n) is 3.38. The lowest BCUT2D eigenvalue weighted by molar-refractivity contribution is 0.109. The quantitative estimate of drug-likeness (QED) is 0.700. The number of thioether (sulfide) groups is 1. The van der Waals surface area contributed by atoms with Gasteiger partial charge in [-0.15, -0.1) is 10.2 Å². The molecule has 0 saturated carbocycles. The van der Waals surface area contributed by atoms with Crippen molar-refractivity contribution in [2.24, 2.45) is 0 Å². The van der Waals surface area contributed by atoms with E-state index >= 15 is 0 Å². The molecule has 4 rings (SSSR count). The lowest BCUT2D eigenvalue weighted by Gasteiger charge is -2.18. The third-order valence-electron chi connectivity index (χ3n) is 4.56. The minimum absolute atomic E-state index is 0.0847. The van der Waals surface area contributed by atoms with E-state index in [1.807, 2.05) is 18.2 Å². The Morgan fingerprint density at radius 2 is 2.00 bits per heavy atom. The summed E-state index contributed by atoms with van der Waals surface area (Å²) in [5, 5.41) is 10.0. The third kappa shape index (κ3) is 2.96. The summed E-state index contributed by atoms with van der Waals surface area (Å²) in [5.41, 5.74) is 3.50. The van der Waals surface area contributed by atoms with Crippen molar-refractivity contribution in [1.82, 2.24) is 19.7 Å². The Labute approximate surface area is 151 Å². The number of benzene rings is 1. The van der Waals surface area contributed by atoms with E-state index in [0.29, 0.717) is 5.25 Å². The molecule has 0 saturated heterocycles. The molecule has 0 amide bonds. The van der Waals surface area contributed by atoms with Gasteiger partial charge in [-0.25, -0.2) is 0 Å². The number of hydrogen-bond donors (Lipinski definition) is 0. The number of nitrogens with zero attached hydrogens (tertiary/aromatic N) is 4. The number of hydrogen-bond acceptors (Lipinski definition) is 5. The van der Waals surface area contributed by atoms with Crippen LogP contribution in [0.15, 0.2) is 53.8 Å². The highest BCUT2D eigenvalue weighted by Crippen LogP contribution is 2.43. The zero-order valence-corrected chi connectivity index (χ0v) is 15.1. The molecular weight excluding hydrogens is 332 g/mol. The fraction of sp³-hybridized carbons (Fsp3) is 0.316. The highest BCUT2D eigenvalue weighted by molar-refractivity contribution is 7.99. The second-order valence-corrected chi connectivity index (χ2v) is 7.19. The van der Waals surface area contributed by atoms with Crippen LogP contribution in [0, 0.1) is 0 Å². The summed E-state index contributed by atoms with van der Waals surface area (Å²) in [6.45, 7) is 2.91. The smallest absolute Gasteiger partial charge is 0.191 e. The zero-order valence-electron chi connectivity index (χ0n) is 14.3. The zero-order chi connectivity index (χ0) is 17.2. The normalized spacial score (nSPS) is 19.1. The number of pyridine rings is 1.